The van der Waals surface area contributed by atoms with Gasteiger partial charge in [-0.15, -0.1) is 13.2 Å². The molecule has 0 aromatic carbocycles. The molecule has 4 atom stereocenters. The molecule has 17 heavy (non-hydrogen) atoms. The van der Waals surface area contributed by atoms with Crippen LogP contribution in [0.2, 0.25) is 0 Å². The number of rotatable bonds is 3. The Balaban J connectivity index is 2.14. The number of hydrogen-bond acceptors (Lipinski definition) is 2. The third-order valence-corrected chi connectivity index (χ3v) is 4.55. The van der Waals surface area contributed by atoms with E-state index in [0.29, 0.717) is 6.04 Å². The summed E-state index contributed by atoms with van der Waals surface area (Å²) in [6.45, 7) is 7.77. The second-order valence-corrected chi connectivity index (χ2v) is 5.64. The highest BCUT2D eigenvalue weighted by Crippen LogP contribution is 2.41. The molecule has 0 unspecified atom stereocenters. The van der Waals surface area contributed by atoms with E-state index in [4.69, 9.17) is 0 Å². The average molecular weight is 235 g/mol. The van der Waals surface area contributed by atoms with Gasteiger partial charge >= 0.3 is 0 Å². The Morgan fingerprint density at radius 1 is 1.24 bits per heavy atom. The summed E-state index contributed by atoms with van der Waals surface area (Å²) in [5, 5.41) is 14.0. The summed E-state index contributed by atoms with van der Waals surface area (Å²) in [6.07, 6.45) is 11.7. The fraction of sp³-hybridized carbons (Fsp3) is 0.733. The van der Waals surface area contributed by atoms with E-state index >= 15 is 0 Å². The Labute approximate surface area is 105 Å². The zero-order chi connectivity index (χ0) is 12.3. The summed E-state index contributed by atoms with van der Waals surface area (Å²) in [5.74, 6) is 0.212. The van der Waals surface area contributed by atoms with Crippen molar-refractivity contribution in [2.45, 2.75) is 62.6 Å². The van der Waals surface area contributed by atoms with Gasteiger partial charge in [0.05, 0.1) is 6.10 Å². The number of piperidine rings is 1. The van der Waals surface area contributed by atoms with Crippen LogP contribution in [0.4, 0.5) is 0 Å². The van der Waals surface area contributed by atoms with Crippen LogP contribution in [0.3, 0.4) is 0 Å². The van der Waals surface area contributed by atoms with Gasteiger partial charge in [-0.3, -0.25) is 0 Å². The van der Waals surface area contributed by atoms with Crippen LogP contribution in [-0.4, -0.2) is 22.8 Å². The average Bonchev–Trinajstić information content (AvgIpc) is 2.30. The highest BCUT2D eigenvalue weighted by molar-refractivity contribution is 5.10. The Hall–Kier alpha value is -0.600. The Morgan fingerprint density at radius 3 is 2.59 bits per heavy atom. The molecule has 2 fully saturated rings. The van der Waals surface area contributed by atoms with Gasteiger partial charge in [-0.2, -0.15) is 0 Å². The molecule has 1 aliphatic carbocycles. The van der Waals surface area contributed by atoms with Crippen LogP contribution in [0.15, 0.2) is 25.3 Å². The first-order chi connectivity index (χ1) is 8.22. The van der Waals surface area contributed by atoms with E-state index in [0.717, 1.165) is 19.3 Å². The van der Waals surface area contributed by atoms with Gasteiger partial charge in [0.1, 0.15) is 0 Å². The van der Waals surface area contributed by atoms with Gasteiger partial charge in [-0.25, -0.2) is 0 Å². The fourth-order valence-corrected chi connectivity index (χ4v) is 3.78. The normalized spacial score (nSPS) is 42.3. The molecule has 0 aromatic heterocycles. The lowest BCUT2D eigenvalue weighted by atomic mass is 9.66. The van der Waals surface area contributed by atoms with Gasteiger partial charge in [0.2, 0.25) is 0 Å². The van der Waals surface area contributed by atoms with Crippen molar-refractivity contribution in [1.29, 1.82) is 0 Å². The SMILES string of the molecule is C=CC[C@@H]1CCC[C@@]2(CCC[C@H](O)[C@H]2C=C)N1. The molecule has 1 saturated carbocycles. The number of aliphatic hydroxyl groups excluding tert-OH is 1. The van der Waals surface area contributed by atoms with Gasteiger partial charge in [-0.05, 0) is 38.5 Å². The molecule has 0 radical (unpaired) electrons. The maximum absolute atomic E-state index is 10.2. The molecule has 2 heteroatoms. The van der Waals surface area contributed by atoms with E-state index in [1.165, 1.54) is 25.7 Å². The molecule has 1 aliphatic heterocycles. The summed E-state index contributed by atoms with van der Waals surface area (Å²) >= 11 is 0. The Kier molecular flexibility index (Phi) is 4.05. The van der Waals surface area contributed by atoms with Crippen molar-refractivity contribution in [3.05, 3.63) is 25.3 Å². The smallest absolute Gasteiger partial charge is 0.0620 e. The number of nitrogens with one attached hydrogen (secondary N) is 1. The van der Waals surface area contributed by atoms with E-state index in [-0.39, 0.29) is 17.6 Å². The molecule has 0 bridgehead atoms. The minimum Gasteiger partial charge on any atom is -0.392 e. The summed E-state index contributed by atoms with van der Waals surface area (Å²) in [7, 11) is 0. The van der Waals surface area contributed by atoms with Crippen molar-refractivity contribution in [3.63, 3.8) is 0 Å². The number of aliphatic hydroxyl groups is 1. The van der Waals surface area contributed by atoms with Crippen molar-refractivity contribution in [3.8, 4) is 0 Å². The Morgan fingerprint density at radius 2 is 1.94 bits per heavy atom. The molecule has 0 aromatic rings. The van der Waals surface area contributed by atoms with E-state index in [1.54, 1.807) is 0 Å². The quantitative estimate of drug-likeness (QED) is 0.737. The predicted molar refractivity (Wildman–Crippen MR) is 71.9 cm³/mol. The van der Waals surface area contributed by atoms with Gasteiger partial charge in [-0.1, -0.05) is 18.6 Å². The van der Waals surface area contributed by atoms with E-state index in [9.17, 15) is 5.11 Å². The molecule has 96 valence electrons. The van der Waals surface area contributed by atoms with Gasteiger partial charge in [0.25, 0.3) is 0 Å². The van der Waals surface area contributed by atoms with Crippen LogP contribution >= 0.6 is 0 Å². The molecule has 1 spiro atoms. The molecule has 1 saturated heterocycles. The van der Waals surface area contributed by atoms with Gasteiger partial charge in [0, 0.05) is 17.5 Å². The molecule has 2 nitrogen and oxygen atoms in total. The van der Waals surface area contributed by atoms with E-state index in [1.807, 2.05) is 12.2 Å². The highest BCUT2D eigenvalue weighted by atomic mass is 16.3. The summed E-state index contributed by atoms with van der Waals surface area (Å²) in [6, 6.07) is 0.536. The molecular formula is C15H25NO. The van der Waals surface area contributed by atoms with Crippen LogP contribution in [0.5, 0.6) is 0 Å². The maximum Gasteiger partial charge on any atom is 0.0620 e. The monoisotopic (exact) mass is 235 g/mol. The van der Waals surface area contributed by atoms with Crippen molar-refractivity contribution >= 4 is 0 Å². The van der Waals surface area contributed by atoms with E-state index < -0.39 is 0 Å². The molecule has 0 amide bonds. The Bertz CT molecular complexity index is 285. The van der Waals surface area contributed by atoms with Crippen LogP contribution in [0.1, 0.15) is 44.9 Å². The second-order valence-electron chi connectivity index (χ2n) is 5.64. The van der Waals surface area contributed by atoms with Crippen LogP contribution in [0, 0.1) is 5.92 Å². The topological polar surface area (TPSA) is 32.3 Å². The van der Waals surface area contributed by atoms with E-state index in [2.05, 4.69) is 18.5 Å². The minimum atomic E-state index is -0.212. The minimum absolute atomic E-state index is 0.103. The predicted octanol–water partition coefficient (Wildman–Crippen LogP) is 2.79. The van der Waals surface area contributed by atoms with Crippen molar-refractivity contribution in [2.24, 2.45) is 5.92 Å². The zero-order valence-corrected chi connectivity index (χ0v) is 10.7. The van der Waals surface area contributed by atoms with Crippen molar-refractivity contribution < 1.29 is 5.11 Å². The third-order valence-electron chi connectivity index (χ3n) is 4.55. The summed E-state index contributed by atoms with van der Waals surface area (Å²) in [5.41, 5.74) is 0.103. The third kappa shape index (κ3) is 2.48. The highest BCUT2D eigenvalue weighted by Gasteiger charge is 2.45. The summed E-state index contributed by atoms with van der Waals surface area (Å²) < 4.78 is 0. The van der Waals surface area contributed by atoms with Gasteiger partial charge in [0.15, 0.2) is 0 Å². The largest absolute Gasteiger partial charge is 0.392 e. The maximum atomic E-state index is 10.2. The summed E-state index contributed by atoms with van der Waals surface area (Å²) in [4.78, 5) is 0. The van der Waals surface area contributed by atoms with Crippen molar-refractivity contribution in [1.82, 2.24) is 5.32 Å². The van der Waals surface area contributed by atoms with Crippen LogP contribution in [0.25, 0.3) is 0 Å². The lowest BCUT2D eigenvalue weighted by molar-refractivity contribution is 0.00408. The molecule has 2 N–H and O–H groups in total. The number of hydrogen-bond donors (Lipinski definition) is 2. The first kappa shape index (κ1) is 12.8. The molecule has 2 rings (SSSR count). The first-order valence-electron chi connectivity index (χ1n) is 6.91. The molecular weight excluding hydrogens is 210 g/mol. The lowest BCUT2D eigenvalue weighted by Crippen LogP contribution is -2.61. The lowest BCUT2D eigenvalue weighted by Gasteiger charge is -2.51. The van der Waals surface area contributed by atoms with Crippen LogP contribution in [-0.2, 0) is 0 Å². The standard InChI is InChI=1S/C15H25NO/c1-3-7-12-8-5-10-15(16-12)11-6-9-14(17)13(15)4-2/h3-4,12-14,16-17H,1-2,5-11H2/t12-,13-,14+,15+/m1/s1. The second kappa shape index (κ2) is 5.36. The molecule has 1 heterocycles. The van der Waals surface area contributed by atoms with Crippen LogP contribution < -0.4 is 5.32 Å². The first-order valence-corrected chi connectivity index (χ1v) is 6.91. The van der Waals surface area contributed by atoms with Gasteiger partial charge < -0.3 is 10.4 Å². The van der Waals surface area contributed by atoms with Crippen molar-refractivity contribution in [2.75, 3.05) is 0 Å². The molecule has 2 aliphatic rings. The fourth-order valence-electron chi connectivity index (χ4n) is 3.78. The zero-order valence-electron chi connectivity index (χ0n) is 10.7.